The average Bonchev–Trinajstić information content (AvgIpc) is 3.41. The maximum Gasteiger partial charge on any atom is 0.243 e. The molecule has 0 spiro atoms. The second-order valence-corrected chi connectivity index (χ2v) is 10.1. The van der Waals surface area contributed by atoms with Gasteiger partial charge in [0.2, 0.25) is 11.8 Å². The van der Waals surface area contributed by atoms with E-state index in [4.69, 9.17) is 0 Å². The fourth-order valence-electron chi connectivity index (χ4n) is 4.88. The average molecular weight is 422 g/mol. The summed E-state index contributed by atoms with van der Waals surface area (Å²) in [6.07, 6.45) is 2.50. The molecule has 6 heteroatoms. The third-order valence-corrected chi connectivity index (χ3v) is 8.10. The van der Waals surface area contributed by atoms with Crippen LogP contribution in [0.5, 0.6) is 0 Å². The minimum atomic E-state index is -0.343. The number of carbonyl (C=O) groups excluding carboxylic acids is 2. The van der Waals surface area contributed by atoms with Gasteiger partial charge in [-0.2, -0.15) is 0 Å². The molecule has 5 rings (SSSR count). The van der Waals surface area contributed by atoms with Gasteiger partial charge in [-0.3, -0.25) is 9.59 Å². The fraction of sp³-hybridized carbons (Fsp3) is 0.417. The van der Waals surface area contributed by atoms with Crippen molar-refractivity contribution in [3.8, 4) is 0 Å². The predicted octanol–water partition coefficient (Wildman–Crippen LogP) is 3.32. The van der Waals surface area contributed by atoms with E-state index in [1.165, 1.54) is 16.8 Å². The summed E-state index contributed by atoms with van der Waals surface area (Å²) in [5, 5.41) is 3.04. The van der Waals surface area contributed by atoms with Gasteiger partial charge in [-0.15, -0.1) is 11.8 Å². The fourth-order valence-corrected chi connectivity index (χ4v) is 6.31. The molecule has 30 heavy (non-hydrogen) atoms. The zero-order chi connectivity index (χ0) is 20.7. The summed E-state index contributed by atoms with van der Waals surface area (Å²) in [7, 11) is 0. The van der Waals surface area contributed by atoms with Gasteiger partial charge in [-0.25, -0.2) is 0 Å². The van der Waals surface area contributed by atoms with Crippen molar-refractivity contribution >= 4 is 29.3 Å². The molecule has 2 amide bonds. The number of nitrogens with one attached hydrogen (secondary N) is 1. The van der Waals surface area contributed by atoms with E-state index < -0.39 is 0 Å². The molecule has 2 fully saturated rings. The highest BCUT2D eigenvalue weighted by atomic mass is 32.2. The minimum absolute atomic E-state index is 0.0424. The number of thioether (sulfide) groups is 1. The summed E-state index contributed by atoms with van der Waals surface area (Å²) in [6.45, 7) is 4.53. The first-order chi connectivity index (χ1) is 14.5. The monoisotopic (exact) mass is 421 g/mol. The zero-order valence-electron chi connectivity index (χ0n) is 17.3. The molecule has 2 saturated heterocycles. The SMILES string of the molecule is CC12CCC(=O)N1C(C(=O)NCc1ccc(CN3CCc4ccccc43)cc1)CS2. The van der Waals surface area contributed by atoms with Crippen LogP contribution in [0, 0.1) is 0 Å². The van der Waals surface area contributed by atoms with E-state index in [9.17, 15) is 9.59 Å². The van der Waals surface area contributed by atoms with Crippen molar-refractivity contribution in [2.75, 3.05) is 17.2 Å². The molecule has 0 saturated carbocycles. The van der Waals surface area contributed by atoms with E-state index in [0.29, 0.717) is 18.7 Å². The summed E-state index contributed by atoms with van der Waals surface area (Å²) in [6, 6.07) is 16.7. The second kappa shape index (κ2) is 7.65. The summed E-state index contributed by atoms with van der Waals surface area (Å²) in [5.74, 6) is 0.749. The standard InChI is InChI=1S/C24H27N3O2S/c1-24-12-10-22(28)27(24)21(16-30-24)23(29)25-14-17-6-8-18(9-7-17)15-26-13-11-19-4-2-3-5-20(19)26/h2-9,21H,10-16H2,1H3,(H,25,29). The molecule has 2 unspecified atom stereocenters. The van der Waals surface area contributed by atoms with Crippen LogP contribution in [0.4, 0.5) is 5.69 Å². The molecule has 0 aliphatic carbocycles. The lowest BCUT2D eigenvalue weighted by Gasteiger charge is -2.29. The van der Waals surface area contributed by atoms with Gasteiger partial charge in [0.15, 0.2) is 0 Å². The van der Waals surface area contributed by atoms with Crippen LogP contribution in [0.1, 0.15) is 36.5 Å². The van der Waals surface area contributed by atoms with Gasteiger partial charge in [0.05, 0.1) is 4.87 Å². The van der Waals surface area contributed by atoms with E-state index >= 15 is 0 Å². The Morgan fingerprint density at radius 1 is 1.13 bits per heavy atom. The number of benzene rings is 2. The quantitative estimate of drug-likeness (QED) is 0.805. The van der Waals surface area contributed by atoms with Crippen LogP contribution in [0.15, 0.2) is 48.5 Å². The highest BCUT2D eigenvalue weighted by molar-refractivity contribution is 8.01. The van der Waals surface area contributed by atoms with Gasteiger partial charge in [0.1, 0.15) is 6.04 Å². The van der Waals surface area contributed by atoms with Gasteiger partial charge in [0, 0.05) is 37.5 Å². The number of carbonyl (C=O) groups is 2. The first kappa shape index (κ1) is 19.5. The van der Waals surface area contributed by atoms with Gasteiger partial charge < -0.3 is 15.1 Å². The molecule has 0 radical (unpaired) electrons. The van der Waals surface area contributed by atoms with E-state index in [0.717, 1.165) is 31.5 Å². The largest absolute Gasteiger partial charge is 0.367 e. The van der Waals surface area contributed by atoms with E-state index in [1.807, 2.05) is 4.90 Å². The summed E-state index contributed by atoms with van der Waals surface area (Å²) in [5.41, 5.74) is 5.11. The van der Waals surface area contributed by atoms with E-state index in [1.54, 1.807) is 11.8 Å². The van der Waals surface area contributed by atoms with Gasteiger partial charge >= 0.3 is 0 Å². The molecule has 3 heterocycles. The van der Waals surface area contributed by atoms with Gasteiger partial charge in [-0.1, -0.05) is 42.5 Å². The normalized spacial score (nSPS) is 24.8. The van der Waals surface area contributed by atoms with Crippen molar-refractivity contribution < 1.29 is 9.59 Å². The molecule has 1 N–H and O–H groups in total. The number of hydrogen-bond donors (Lipinski definition) is 1. The zero-order valence-corrected chi connectivity index (χ0v) is 18.1. The maximum atomic E-state index is 12.7. The lowest BCUT2D eigenvalue weighted by molar-refractivity contribution is -0.138. The molecular weight excluding hydrogens is 394 g/mol. The van der Waals surface area contributed by atoms with E-state index in [2.05, 4.69) is 65.7 Å². The molecule has 156 valence electrons. The number of rotatable bonds is 5. The van der Waals surface area contributed by atoms with Crippen molar-refractivity contribution in [1.29, 1.82) is 0 Å². The molecule has 3 aliphatic heterocycles. The first-order valence-electron chi connectivity index (χ1n) is 10.7. The van der Waals surface area contributed by atoms with Gasteiger partial charge in [-0.05, 0) is 42.5 Å². The Morgan fingerprint density at radius 2 is 1.90 bits per heavy atom. The van der Waals surface area contributed by atoms with Crippen molar-refractivity contribution in [3.63, 3.8) is 0 Å². The van der Waals surface area contributed by atoms with Crippen LogP contribution >= 0.6 is 11.8 Å². The number of para-hydroxylation sites is 1. The molecule has 2 atom stereocenters. The molecule has 2 aromatic rings. The summed E-state index contributed by atoms with van der Waals surface area (Å²) < 4.78 is 0. The Morgan fingerprint density at radius 3 is 2.73 bits per heavy atom. The number of hydrogen-bond acceptors (Lipinski definition) is 4. The molecule has 5 nitrogen and oxygen atoms in total. The Labute approximate surface area is 181 Å². The second-order valence-electron chi connectivity index (χ2n) is 8.60. The minimum Gasteiger partial charge on any atom is -0.367 e. The van der Waals surface area contributed by atoms with Crippen LogP contribution < -0.4 is 10.2 Å². The Balaban J connectivity index is 1.17. The molecule has 0 aromatic heterocycles. The molecule has 3 aliphatic rings. The summed E-state index contributed by atoms with van der Waals surface area (Å²) in [4.78, 5) is 29.0. The molecule has 0 bridgehead atoms. The lowest BCUT2D eigenvalue weighted by Crippen LogP contribution is -2.49. The Bertz CT molecular complexity index is 977. The summed E-state index contributed by atoms with van der Waals surface area (Å²) >= 11 is 1.73. The van der Waals surface area contributed by atoms with E-state index in [-0.39, 0.29) is 22.7 Å². The van der Waals surface area contributed by atoms with Crippen LogP contribution in [-0.2, 0) is 29.1 Å². The molecule has 2 aromatic carbocycles. The number of nitrogens with zero attached hydrogens (tertiary/aromatic N) is 2. The Kier molecular flexibility index (Phi) is 4.97. The third-order valence-electron chi connectivity index (χ3n) is 6.59. The lowest BCUT2D eigenvalue weighted by atomic mass is 10.1. The first-order valence-corrected chi connectivity index (χ1v) is 11.7. The highest BCUT2D eigenvalue weighted by Gasteiger charge is 2.52. The smallest absolute Gasteiger partial charge is 0.243 e. The van der Waals surface area contributed by atoms with Crippen molar-refractivity contribution in [2.24, 2.45) is 0 Å². The van der Waals surface area contributed by atoms with Crippen LogP contribution in [0.2, 0.25) is 0 Å². The van der Waals surface area contributed by atoms with Gasteiger partial charge in [0.25, 0.3) is 0 Å². The topological polar surface area (TPSA) is 52.7 Å². The van der Waals surface area contributed by atoms with Crippen molar-refractivity contribution in [3.05, 3.63) is 65.2 Å². The number of fused-ring (bicyclic) bond motifs is 2. The maximum absolute atomic E-state index is 12.7. The van der Waals surface area contributed by atoms with Crippen LogP contribution in [-0.4, -0.2) is 39.9 Å². The predicted molar refractivity (Wildman–Crippen MR) is 120 cm³/mol. The third kappa shape index (κ3) is 3.47. The Hall–Kier alpha value is -2.47. The number of anilines is 1. The highest BCUT2D eigenvalue weighted by Crippen LogP contribution is 2.47. The van der Waals surface area contributed by atoms with Crippen molar-refractivity contribution in [1.82, 2.24) is 10.2 Å². The molecular formula is C24H27N3O2S. The number of amides is 2. The van der Waals surface area contributed by atoms with Crippen molar-refractivity contribution in [2.45, 2.75) is 50.2 Å². The van der Waals surface area contributed by atoms with Crippen LogP contribution in [0.25, 0.3) is 0 Å². The van der Waals surface area contributed by atoms with Crippen LogP contribution in [0.3, 0.4) is 0 Å².